The highest BCUT2D eigenvalue weighted by Crippen LogP contribution is 2.35. The van der Waals surface area contributed by atoms with E-state index in [1.54, 1.807) is 26.4 Å². The van der Waals surface area contributed by atoms with Crippen molar-refractivity contribution >= 4 is 0 Å². The van der Waals surface area contributed by atoms with Gasteiger partial charge in [0, 0.05) is 11.6 Å². The Hall–Kier alpha value is -1.42. The van der Waals surface area contributed by atoms with Crippen molar-refractivity contribution < 1.29 is 19.3 Å². The maximum Gasteiger partial charge on any atom is 0.165 e. The third kappa shape index (κ3) is 2.79. The molecule has 1 aromatic carbocycles. The molecule has 0 amide bonds. The lowest BCUT2D eigenvalue weighted by Gasteiger charge is -2.16. The first-order chi connectivity index (χ1) is 7.62. The summed E-state index contributed by atoms with van der Waals surface area (Å²) in [5, 5.41) is 9.17. The van der Waals surface area contributed by atoms with Crippen molar-refractivity contribution in [2.75, 3.05) is 14.2 Å². The van der Waals surface area contributed by atoms with Gasteiger partial charge in [0.15, 0.2) is 11.5 Å². The molecule has 0 aromatic heterocycles. The minimum absolute atomic E-state index is 0.0542. The number of rotatable bonds is 5. The summed E-state index contributed by atoms with van der Waals surface area (Å²) in [6.07, 6.45) is 0.0542. The van der Waals surface area contributed by atoms with Crippen LogP contribution in [0.4, 0.5) is 0 Å². The van der Waals surface area contributed by atoms with Gasteiger partial charge in [-0.1, -0.05) is 0 Å². The van der Waals surface area contributed by atoms with Crippen LogP contribution in [0, 0.1) is 0 Å². The molecule has 0 aliphatic carbocycles. The summed E-state index contributed by atoms with van der Waals surface area (Å²) >= 11 is 0. The molecule has 1 rings (SSSR count). The van der Waals surface area contributed by atoms with Gasteiger partial charge in [-0.15, -0.1) is 0 Å². The number of methoxy groups -OCH3 is 2. The fourth-order valence-corrected chi connectivity index (χ4v) is 1.40. The van der Waals surface area contributed by atoms with Crippen LogP contribution in [-0.4, -0.2) is 25.4 Å². The summed E-state index contributed by atoms with van der Waals surface area (Å²) in [6.45, 7) is 3.78. The van der Waals surface area contributed by atoms with E-state index in [0.29, 0.717) is 22.8 Å². The minimum Gasteiger partial charge on any atom is -0.496 e. The zero-order valence-corrected chi connectivity index (χ0v) is 10.1. The second-order valence-corrected chi connectivity index (χ2v) is 3.64. The van der Waals surface area contributed by atoms with Gasteiger partial charge in [-0.2, -0.15) is 0 Å². The highest BCUT2D eigenvalue weighted by atomic mass is 16.5. The van der Waals surface area contributed by atoms with Crippen molar-refractivity contribution in [1.29, 1.82) is 0 Å². The molecule has 0 saturated carbocycles. The first-order valence-corrected chi connectivity index (χ1v) is 5.14. The standard InChI is InChI=1S/C12H18O4/c1-8(2)16-12-6-10(14-3)9(7-13)5-11(12)15-4/h5-6,8,13H,7H2,1-4H3. The smallest absolute Gasteiger partial charge is 0.165 e. The van der Waals surface area contributed by atoms with Gasteiger partial charge in [-0.25, -0.2) is 0 Å². The van der Waals surface area contributed by atoms with E-state index >= 15 is 0 Å². The Balaban J connectivity index is 3.15. The molecule has 0 atom stereocenters. The molecule has 1 N–H and O–H groups in total. The third-order valence-corrected chi connectivity index (χ3v) is 2.10. The first-order valence-electron chi connectivity index (χ1n) is 5.14. The van der Waals surface area contributed by atoms with Crippen molar-refractivity contribution in [2.45, 2.75) is 26.6 Å². The maximum atomic E-state index is 9.17. The van der Waals surface area contributed by atoms with Gasteiger partial charge in [0.1, 0.15) is 5.75 Å². The van der Waals surface area contributed by atoms with E-state index in [-0.39, 0.29) is 12.7 Å². The fourth-order valence-electron chi connectivity index (χ4n) is 1.40. The van der Waals surface area contributed by atoms with E-state index in [1.807, 2.05) is 13.8 Å². The monoisotopic (exact) mass is 226 g/mol. The summed E-state index contributed by atoms with van der Waals surface area (Å²) in [7, 11) is 3.12. The summed E-state index contributed by atoms with van der Waals surface area (Å²) in [5.74, 6) is 1.81. The van der Waals surface area contributed by atoms with E-state index in [0.717, 1.165) is 0 Å². The van der Waals surface area contributed by atoms with Crippen LogP contribution in [0.5, 0.6) is 17.2 Å². The third-order valence-electron chi connectivity index (χ3n) is 2.10. The van der Waals surface area contributed by atoms with E-state index in [9.17, 15) is 0 Å². The lowest BCUT2D eigenvalue weighted by molar-refractivity contribution is 0.227. The molecule has 0 aliphatic heterocycles. The second kappa shape index (κ2) is 5.61. The van der Waals surface area contributed by atoms with Crippen LogP contribution >= 0.6 is 0 Å². The van der Waals surface area contributed by atoms with E-state index < -0.39 is 0 Å². The SMILES string of the molecule is COc1cc(OC(C)C)c(OC)cc1CO. The number of hydrogen-bond acceptors (Lipinski definition) is 4. The summed E-state index contributed by atoms with van der Waals surface area (Å²) in [6, 6.07) is 3.45. The molecule has 0 saturated heterocycles. The van der Waals surface area contributed by atoms with Crippen LogP contribution in [0.25, 0.3) is 0 Å². The predicted molar refractivity (Wildman–Crippen MR) is 61.2 cm³/mol. The molecule has 90 valence electrons. The average molecular weight is 226 g/mol. The minimum atomic E-state index is -0.0957. The lowest BCUT2D eigenvalue weighted by Crippen LogP contribution is -2.07. The van der Waals surface area contributed by atoms with Crippen molar-refractivity contribution in [3.05, 3.63) is 17.7 Å². The number of ether oxygens (including phenoxy) is 3. The maximum absolute atomic E-state index is 9.17. The molecule has 4 nitrogen and oxygen atoms in total. The highest BCUT2D eigenvalue weighted by Gasteiger charge is 2.12. The summed E-state index contributed by atoms with van der Waals surface area (Å²) in [4.78, 5) is 0. The van der Waals surface area contributed by atoms with Crippen LogP contribution in [0.2, 0.25) is 0 Å². The molecule has 0 spiro atoms. The molecule has 1 aromatic rings. The van der Waals surface area contributed by atoms with E-state index in [4.69, 9.17) is 19.3 Å². The number of hydrogen-bond donors (Lipinski definition) is 1. The Morgan fingerprint density at radius 1 is 1.06 bits per heavy atom. The molecule has 0 aliphatic rings. The zero-order chi connectivity index (χ0) is 12.1. The molecular formula is C12H18O4. The Labute approximate surface area is 95.8 Å². The second-order valence-electron chi connectivity index (χ2n) is 3.64. The highest BCUT2D eigenvalue weighted by molar-refractivity contribution is 5.50. The average Bonchev–Trinajstić information content (AvgIpc) is 2.27. The molecule has 4 heteroatoms. The quantitative estimate of drug-likeness (QED) is 0.834. The Morgan fingerprint density at radius 3 is 2.12 bits per heavy atom. The first kappa shape index (κ1) is 12.6. The van der Waals surface area contributed by atoms with E-state index in [2.05, 4.69) is 0 Å². The Morgan fingerprint density at radius 2 is 1.69 bits per heavy atom. The molecule has 0 heterocycles. The van der Waals surface area contributed by atoms with Gasteiger partial charge >= 0.3 is 0 Å². The molecule has 0 unspecified atom stereocenters. The molecule has 16 heavy (non-hydrogen) atoms. The van der Waals surface area contributed by atoms with Crippen LogP contribution in [-0.2, 0) is 6.61 Å². The van der Waals surface area contributed by atoms with Gasteiger partial charge in [0.05, 0.1) is 26.9 Å². The predicted octanol–water partition coefficient (Wildman–Crippen LogP) is 1.98. The number of benzene rings is 1. The van der Waals surface area contributed by atoms with Gasteiger partial charge in [-0.05, 0) is 19.9 Å². The zero-order valence-electron chi connectivity index (χ0n) is 10.1. The van der Waals surface area contributed by atoms with Crippen LogP contribution in [0.3, 0.4) is 0 Å². The van der Waals surface area contributed by atoms with E-state index in [1.165, 1.54) is 0 Å². The largest absolute Gasteiger partial charge is 0.496 e. The Bertz CT molecular complexity index is 347. The fraction of sp³-hybridized carbons (Fsp3) is 0.500. The summed E-state index contributed by atoms with van der Waals surface area (Å²) < 4.78 is 16.0. The van der Waals surface area contributed by atoms with Gasteiger partial charge in [0.2, 0.25) is 0 Å². The molecule has 0 bridgehead atoms. The summed E-state index contributed by atoms with van der Waals surface area (Å²) in [5.41, 5.74) is 0.676. The van der Waals surface area contributed by atoms with Crippen LogP contribution in [0.1, 0.15) is 19.4 Å². The topological polar surface area (TPSA) is 47.9 Å². The van der Waals surface area contributed by atoms with Gasteiger partial charge < -0.3 is 19.3 Å². The molecule has 0 fully saturated rings. The Kier molecular flexibility index (Phi) is 4.43. The number of aliphatic hydroxyl groups excluding tert-OH is 1. The molecule has 0 radical (unpaired) electrons. The van der Waals surface area contributed by atoms with Crippen molar-refractivity contribution in [2.24, 2.45) is 0 Å². The van der Waals surface area contributed by atoms with Crippen LogP contribution < -0.4 is 14.2 Å². The van der Waals surface area contributed by atoms with Crippen molar-refractivity contribution in [1.82, 2.24) is 0 Å². The van der Waals surface area contributed by atoms with Crippen molar-refractivity contribution in [3.63, 3.8) is 0 Å². The van der Waals surface area contributed by atoms with Gasteiger partial charge in [-0.3, -0.25) is 0 Å². The van der Waals surface area contributed by atoms with Crippen molar-refractivity contribution in [3.8, 4) is 17.2 Å². The van der Waals surface area contributed by atoms with Gasteiger partial charge in [0.25, 0.3) is 0 Å². The molecular weight excluding hydrogens is 208 g/mol. The lowest BCUT2D eigenvalue weighted by atomic mass is 10.2. The normalized spacial score (nSPS) is 10.4. The number of aliphatic hydroxyl groups is 1. The van der Waals surface area contributed by atoms with Crippen LogP contribution in [0.15, 0.2) is 12.1 Å².